The molecule has 2 aromatic carbocycles. The average Bonchev–Trinajstić information content (AvgIpc) is 2.39. The molecule has 0 atom stereocenters. The molecule has 2 rings (SSSR count). The third kappa shape index (κ3) is 1.87. The van der Waals surface area contributed by atoms with E-state index in [1.807, 2.05) is 6.07 Å². The van der Waals surface area contributed by atoms with Crippen LogP contribution in [0, 0.1) is 28.5 Å². The first-order valence-electron chi connectivity index (χ1n) is 4.96. The lowest BCUT2D eigenvalue weighted by atomic mass is 9.98. The second-order valence-corrected chi connectivity index (χ2v) is 3.44. The van der Waals surface area contributed by atoms with Crippen molar-refractivity contribution < 1.29 is 4.39 Å². The molecular weight excluding hydrogens is 215 g/mol. The van der Waals surface area contributed by atoms with Crippen LogP contribution in [0.25, 0.3) is 11.1 Å². The molecule has 0 aliphatic carbocycles. The van der Waals surface area contributed by atoms with Gasteiger partial charge in [-0.15, -0.1) is 0 Å². The highest BCUT2D eigenvalue weighted by Gasteiger charge is 2.12. The maximum absolute atomic E-state index is 13.9. The van der Waals surface area contributed by atoms with Crippen LogP contribution in [0.1, 0.15) is 11.1 Å². The van der Waals surface area contributed by atoms with E-state index >= 15 is 0 Å². The monoisotopic (exact) mass is 222 g/mol. The molecule has 0 aliphatic rings. The first-order chi connectivity index (χ1) is 8.27. The molecule has 0 saturated heterocycles. The Kier molecular flexibility index (Phi) is 2.85. The van der Waals surface area contributed by atoms with E-state index in [0.717, 1.165) is 0 Å². The zero-order chi connectivity index (χ0) is 12.3. The van der Waals surface area contributed by atoms with E-state index in [1.165, 1.54) is 6.07 Å². The Morgan fingerprint density at radius 2 is 1.35 bits per heavy atom. The summed E-state index contributed by atoms with van der Waals surface area (Å²) >= 11 is 0. The van der Waals surface area contributed by atoms with Crippen molar-refractivity contribution in [2.45, 2.75) is 0 Å². The maximum atomic E-state index is 13.9. The quantitative estimate of drug-likeness (QED) is 0.743. The van der Waals surface area contributed by atoms with Gasteiger partial charge >= 0.3 is 0 Å². The summed E-state index contributed by atoms with van der Waals surface area (Å²) < 4.78 is 13.9. The molecule has 2 aromatic rings. The molecule has 0 N–H and O–H groups in total. The fourth-order valence-electron chi connectivity index (χ4n) is 1.64. The molecule has 0 aromatic heterocycles. The second-order valence-electron chi connectivity index (χ2n) is 3.44. The van der Waals surface area contributed by atoms with Gasteiger partial charge in [0.15, 0.2) is 0 Å². The molecule has 0 bridgehead atoms. The number of nitrogens with zero attached hydrogens (tertiary/aromatic N) is 2. The molecule has 0 heterocycles. The molecule has 0 spiro atoms. The van der Waals surface area contributed by atoms with Gasteiger partial charge in [-0.1, -0.05) is 30.3 Å². The van der Waals surface area contributed by atoms with E-state index < -0.39 is 5.82 Å². The Bertz CT molecular complexity index is 648. The summed E-state index contributed by atoms with van der Waals surface area (Å²) in [4.78, 5) is 0. The smallest absolute Gasteiger partial charge is 0.148 e. The van der Waals surface area contributed by atoms with Crippen molar-refractivity contribution in [3.05, 3.63) is 59.4 Å². The van der Waals surface area contributed by atoms with Gasteiger partial charge < -0.3 is 0 Å². The first kappa shape index (κ1) is 10.9. The Morgan fingerprint density at radius 3 is 2.06 bits per heavy atom. The van der Waals surface area contributed by atoms with Crippen LogP contribution in [0.5, 0.6) is 0 Å². The van der Waals surface area contributed by atoms with Gasteiger partial charge in [0.25, 0.3) is 0 Å². The number of hydrogen-bond acceptors (Lipinski definition) is 2. The molecule has 0 fully saturated rings. The van der Waals surface area contributed by atoms with Crippen LogP contribution in [-0.4, -0.2) is 0 Å². The van der Waals surface area contributed by atoms with Crippen LogP contribution >= 0.6 is 0 Å². The zero-order valence-electron chi connectivity index (χ0n) is 8.81. The number of hydrogen-bond donors (Lipinski definition) is 0. The fraction of sp³-hybridized carbons (Fsp3) is 0. The first-order valence-corrected chi connectivity index (χ1v) is 4.96. The van der Waals surface area contributed by atoms with Crippen LogP contribution in [0.4, 0.5) is 4.39 Å². The topological polar surface area (TPSA) is 47.6 Å². The van der Waals surface area contributed by atoms with Crippen LogP contribution in [0.15, 0.2) is 42.5 Å². The lowest BCUT2D eigenvalue weighted by molar-refractivity contribution is 0.627. The minimum atomic E-state index is -0.585. The highest BCUT2D eigenvalue weighted by molar-refractivity contribution is 5.72. The number of nitriles is 2. The lowest BCUT2D eigenvalue weighted by Gasteiger charge is -2.06. The van der Waals surface area contributed by atoms with Crippen molar-refractivity contribution in [2.24, 2.45) is 0 Å². The van der Waals surface area contributed by atoms with E-state index in [4.69, 9.17) is 10.5 Å². The Labute approximate surface area is 98.2 Å². The number of halogens is 1. The van der Waals surface area contributed by atoms with Crippen molar-refractivity contribution in [1.82, 2.24) is 0 Å². The Hall–Kier alpha value is -2.65. The summed E-state index contributed by atoms with van der Waals surface area (Å²) in [5.74, 6) is -0.585. The summed E-state index contributed by atoms with van der Waals surface area (Å²) in [5.41, 5.74) is 1.16. The highest BCUT2D eigenvalue weighted by Crippen LogP contribution is 2.27. The third-order valence-electron chi connectivity index (χ3n) is 2.46. The molecule has 0 unspecified atom stereocenters. The van der Waals surface area contributed by atoms with Gasteiger partial charge in [-0.05, 0) is 12.1 Å². The van der Waals surface area contributed by atoms with Crippen LogP contribution < -0.4 is 0 Å². The largest absolute Gasteiger partial charge is 0.205 e. The molecular formula is C14H7FN2. The molecule has 17 heavy (non-hydrogen) atoms. The molecule has 2 nitrogen and oxygen atoms in total. The van der Waals surface area contributed by atoms with E-state index in [0.29, 0.717) is 11.1 Å². The van der Waals surface area contributed by atoms with Crippen LogP contribution in [0.3, 0.4) is 0 Å². The Morgan fingerprint density at radius 1 is 0.765 bits per heavy atom. The third-order valence-corrected chi connectivity index (χ3v) is 2.46. The predicted molar refractivity (Wildman–Crippen MR) is 61.3 cm³/mol. The lowest BCUT2D eigenvalue weighted by Crippen LogP contribution is -1.91. The molecule has 0 amide bonds. The molecule has 0 saturated carbocycles. The number of benzene rings is 2. The average molecular weight is 222 g/mol. The van der Waals surface area contributed by atoms with Crippen molar-refractivity contribution in [1.29, 1.82) is 10.5 Å². The fourth-order valence-corrected chi connectivity index (χ4v) is 1.64. The van der Waals surface area contributed by atoms with E-state index in [-0.39, 0.29) is 11.1 Å². The number of rotatable bonds is 1. The second kappa shape index (κ2) is 4.47. The minimum absolute atomic E-state index is 0.0183. The summed E-state index contributed by atoms with van der Waals surface area (Å²) in [6.07, 6.45) is 0. The van der Waals surface area contributed by atoms with E-state index in [2.05, 4.69) is 0 Å². The van der Waals surface area contributed by atoms with E-state index in [1.54, 1.807) is 42.5 Å². The molecule has 3 heteroatoms. The van der Waals surface area contributed by atoms with Gasteiger partial charge in [0, 0.05) is 11.1 Å². The summed E-state index contributed by atoms with van der Waals surface area (Å²) in [6, 6.07) is 15.1. The normalized spacial score (nSPS) is 9.35. The van der Waals surface area contributed by atoms with Crippen molar-refractivity contribution in [2.75, 3.05) is 0 Å². The van der Waals surface area contributed by atoms with Crippen molar-refractivity contribution in [3.63, 3.8) is 0 Å². The van der Waals surface area contributed by atoms with Crippen LogP contribution in [0.2, 0.25) is 0 Å². The minimum Gasteiger partial charge on any atom is -0.205 e. The van der Waals surface area contributed by atoms with Crippen LogP contribution in [-0.2, 0) is 0 Å². The molecule has 80 valence electrons. The van der Waals surface area contributed by atoms with Gasteiger partial charge in [0.05, 0.1) is 17.2 Å². The van der Waals surface area contributed by atoms with E-state index in [9.17, 15) is 4.39 Å². The van der Waals surface area contributed by atoms with Gasteiger partial charge in [0.2, 0.25) is 0 Å². The van der Waals surface area contributed by atoms with Gasteiger partial charge in [-0.2, -0.15) is 10.5 Å². The Balaban J connectivity index is 2.71. The van der Waals surface area contributed by atoms with Gasteiger partial charge in [0.1, 0.15) is 11.9 Å². The molecule has 0 radical (unpaired) electrons. The summed E-state index contributed by atoms with van der Waals surface area (Å²) in [7, 11) is 0. The SMILES string of the molecule is N#Cc1ccccc1-c1cccc(C#N)c1F. The predicted octanol–water partition coefficient (Wildman–Crippen LogP) is 3.24. The summed E-state index contributed by atoms with van der Waals surface area (Å²) in [6.45, 7) is 0. The van der Waals surface area contributed by atoms with Gasteiger partial charge in [-0.25, -0.2) is 4.39 Å². The van der Waals surface area contributed by atoms with Crippen molar-refractivity contribution >= 4 is 0 Å². The highest BCUT2D eigenvalue weighted by atomic mass is 19.1. The molecule has 0 aliphatic heterocycles. The van der Waals surface area contributed by atoms with Crippen molar-refractivity contribution in [3.8, 4) is 23.3 Å². The maximum Gasteiger partial charge on any atom is 0.148 e. The zero-order valence-corrected chi connectivity index (χ0v) is 8.81. The standard InChI is InChI=1S/C14H7FN2/c15-14-11(9-17)5-3-7-13(14)12-6-2-1-4-10(12)8-16/h1-7H. The summed E-state index contributed by atoms with van der Waals surface area (Å²) in [5, 5.41) is 17.7. The van der Waals surface area contributed by atoms with Gasteiger partial charge in [-0.3, -0.25) is 0 Å².